The molecule has 3 aromatic rings. The molecule has 1 aromatic heterocycles. The molecule has 0 radical (unpaired) electrons. The number of benzene rings is 2. The van der Waals surface area contributed by atoms with Gasteiger partial charge < -0.3 is 14.6 Å². The van der Waals surface area contributed by atoms with Crippen LogP contribution in [-0.4, -0.2) is 51.6 Å². The number of hydrogen-bond donors (Lipinski definition) is 2. The van der Waals surface area contributed by atoms with Gasteiger partial charge in [0.15, 0.2) is 0 Å². The van der Waals surface area contributed by atoms with Gasteiger partial charge in [-0.1, -0.05) is 55.4 Å². The largest absolute Gasteiger partial charge is 0.380 e. The van der Waals surface area contributed by atoms with E-state index in [2.05, 4.69) is 15.2 Å². The molecular weight excluding hydrogens is 492 g/mol. The number of ether oxygens (including phenoxy) is 1. The van der Waals surface area contributed by atoms with Crippen molar-refractivity contribution >= 4 is 21.8 Å². The van der Waals surface area contributed by atoms with E-state index in [9.17, 15) is 13.2 Å². The van der Waals surface area contributed by atoms with Gasteiger partial charge in [0.05, 0.1) is 23.2 Å². The van der Waals surface area contributed by atoms with Crippen molar-refractivity contribution < 1.29 is 22.5 Å². The molecule has 0 bridgehead atoms. The summed E-state index contributed by atoms with van der Waals surface area (Å²) in [7, 11) is 1.39. The molecular formula is C27H36N4O5S. The third kappa shape index (κ3) is 6.57. The summed E-state index contributed by atoms with van der Waals surface area (Å²) in [6, 6.07) is 12.2. The second-order valence-electron chi connectivity index (χ2n) is 9.62. The molecule has 0 aliphatic rings. The van der Waals surface area contributed by atoms with Crippen LogP contribution in [0.25, 0.3) is 11.1 Å². The molecule has 1 heterocycles. The lowest BCUT2D eigenvalue weighted by atomic mass is 9.97. The van der Waals surface area contributed by atoms with Gasteiger partial charge in [-0.2, -0.15) is 0 Å². The molecule has 1 amide bonds. The fraction of sp³-hybridized carbons (Fsp3) is 0.407. The van der Waals surface area contributed by atoms with Crippen LogP contribution >= 0.6 is 0 Å². The Morgan fingerprint density at radius 1 is 1.11 bits per heavy atom. The van der Waals surface area contributed by atoms with Crippen LogP contribution in [0.1, 0.15) is 36.2 Å². The van der Waals surface area contributed by atoms with Crippen molar-refractivity contribution in [1.82, 2.24) is 15.4 Å². The number of aryl methyl sites for hydroxylation is 1. The Morgan fingerprint density at radius 3 is 2.41 bits per heavy atom. The van der Waals surface area contributed by atoms with Crippen molar-refractivity contribution in [1.29, 1.82) is 0 Å². The van der Waals surface area contributed by atoms with E-state index >= 15 is 0 Å². The fourth-order valence-electron chi connectivity index (χ4n) is 4.33. The predicted octanol–water partition coefficient (Wildman–Crippen LogP) is 4.11. The summed E-state index contributed by atoms with van der Waals surface area (Å²) in [6.45, 7) is 8.13. The number of nitrogens with zero attached hydrogens (tertiary/aromatic N) is 2. The first-order chi connectivity index (χ1) is 17.5. The number of anilines is 1. The average molecular weight is 529 g/mol. The number of amides is 1. The van der Waals surface area contributed by atoms with Gasteiger partial charge in [0.25, 0.3) is 10.0 Å². The van der Waals surface area contributed by atoms with Crippen molar-refractivity contribution in [3.05, 3.63) is 64.8 Å². The minimum Gasteiger partial charge on any atom is -0.380 e. The van der Waals surface area contributed by atoms with Gasteiger partial charge in [0.2, 0.25) is 11.8 Å². The van der Waals surface area contributed by atoms with Gasteiger partial charge in [-0.15, -0.1) is 0 Å². The Kier molecular flexibility index (Phi) is 9.12. The summed E-state index contributed by atoms with van der Waals surface area (Å²) in [5.41, 5.74) is 4.17. The van der Waals surface area contributed by atoms with E-state index in [1.54, 1.807) is 45.2 Å². The summed E-state index contributed by atoms with van der Waals surface area (Å²) >= 11 is 0. The van der Waals surface area contributed by atoms with E-state index < -0.39 is 10.0 Å². The number of carbonyl (C=O) groups is 1. The summed E-state index contributed by atoms with van der Waals surface area (Å²) in [4.78, 5) is 14.8. The lowest BCUT2D eigenvalue weighted by Crippen LogP contribution is -2.46. The van der Waals surface area contributed by atoms with Crippen molar-refractivity contribution in [3.63, 3.8) is 0 Å². The highest BCUT2D eigenvalue weighted by atomic mass is 32.2. The van der Waals surface area contributed by atoms with Crippen molar-refractivity contribution in [2.24, 2.45) is 5.92 Å². The quantitative estimate of drug-likeness (QED) is 0.385. The smallest absolute Gasteiger partial charge is 0.264 e. The predicted molar refractivity (Wildman–Crippen MR) is 144 cm³/mol. The normalized spacial score (nSPS) is 12.7. The highest BCUT2D eigenvalue weighted by Crippen LogP contribution is 2.33. The van der Waals surface area contributed by atoms with Gasteiger partial charge in [0.1, 0.15) is 0 Å². The Bertz CT molecular complexity index is 1340. The van der Waals surface area contributed by atoms with E-state index in [1.807, 2.05) is 51.0 Å². The first-order valence-corrected chi connectivity index (χ1v) is 13.5. The molecule has 3 rings (SSSR count). The SMILES string of the molecule is COCc1cc(CNC(=O)[C@H](C(C)C)N(C)C)ccc1-c1ccccc1S(=O)(=O)Nc1onc(C)c1C. The number of nitrogens with one attached hydrogen (secondary N) is 2. The maximum Gasteiger partial charge on any atom is 0.264 e. The number of likely N-dealkylation sites (N-methyl/N-ethyl adjacent to an activating group) is 1. The number of rotatable bonds is 11. The van der Waals surface area contributed by atoms with Crippen molar-refractivity contribution in [3.8, 4) is 11.1 Å². The molecule has 0 spiro atoms. The molecule has 37 heavy (non-hydrogen) atoms. The summed E-state index contributed by atoms with van der Waals surface area (Å²) in [6.07, 6.45) is 0. The Labute approximate surface area is 219 Å². The van der Waals surface area contributed by atoms with Gasteiger partial charge in [-0.05, 0) is 56.6 Å². The first-order valence-electron chi connectivity index (χ1n) is 12.1. The molecule has 0 aliphatic heterocycles. The Morgan fingerprint density at radius 2 is 1.81 bits per heavy atom. The minimum atomic E-state index is -3.98. The molecule has 10 heteroatoms. The van der Waals surface area contributed by atoms with Gasteiger partial charge in [0, 0.05) is 24.8 Å². The lowest BCUT2D eigenvalue weighted by Gasteiger charge is -2.26. The average Bonchev–Trinajstić information content (AvgIpc) is 3.14. The second kappa shape index (κ2) is 11.9. The third-order valence-electron chi connectivity index (χ3n) is 6.24. The zero-order chi connectivity index (χ0) is 27.3. The molecule has 0 unspecified atom stereocenters. The molecule has 200 valence electrons. The molecule has 0 fully saturated rings. The fourth-order valence-corrected chi connectivity index (χ4v) is 5.60. The zero-order valence-corrected chi connectivity index (χ0v) is 23.3. The maximum atomic E-state index is 13.4. The van der Waals surface area contributed by atoms with E-state index in [1.165, 1.54) is 0 Å². The molecule has 1 atom stereocenters. The number of methoxy groups -OCH3 is 1. The van der Waals surface area contributed by atoms with Crippen molar-refractivity contribution in [2.45, 2.75) is 51.8 Å². The van der Waals surface area contributed by atoms with Crippen LogP contribution in [0.3, 0.4) is 0 Å². The summed E-state index contributed by atoms with van der Waals surface area (Å²) in [5.74, 6) is 0.212. The van der Waals surface area contributed by atoms with E-state index in [0.29, 0.717) is 23.4 Å². The minimum absolute atomic E-state index is 0.0437. The van der Waals surface area contributed by atoms with Crippen molar-refractivity contribution in [2.75, 3.05) is 25.9 Å². The number of sulfonamides is 1. The molecule has 2 aromatic carbocycles. The standard InChI is InChI=1S/C27H36N4O5S/c1-17(2)25(31(5)6)26(32)28-15-20-12-13-22(21(14-20)16-35-7)23-10-8-9-11-24(23)37(33,34)30-27-18(3)19(4)29-36-27/h8-14,17,25,30H,15-16H2,1-7H3,(H,28,32)/t25-/m0/s1. The monoisotopic (exact) mass is 528 g/mol. The van der Waals surface area contributed by atoms with E-state index in [-0.39, 0.29) is 35.3 Å². The Balaban J connectivity index is 1.93. The van der Waals surface area contributed by atoms with E-state index in [0.717, 1.165) is 16.7 Å². The molecule has 0 saturated heterocycles. The topological polar surface area (TPSA) is 114 Å². The molecule has 0 saturated carbocycles. The van der Waals surface area contributed by atoms with Crippen LogP contribution in [-0.2, 0) is 32.7 Å². The zero-order valence-electron chi connectivity index (χ0n) is 22.5. The Hall–Kier alpha value is -3.21. The summed E-state index contributed by atoms with van der Waals surface area (Å²) in [5, 5.41) is 6.85. The first kappa shape index (κ1) is 28.4. The van der Waals surface area contributed by atoms with Crippen LogP contribution in [0.15, 0.2) is 51.9 Å². The van der Waals surface area contributed by atoms with Crippen LogP contribution in [0.2, 0.25) is 0 Å². The second-order valence-corrected chi connectivity index (χ2v) is 11.3. The van der Waals surface area contributed by atoms with E-state index in [4.69, 9.17) is 9.26 Å². The van der Waals surface area contributed by atoms with Gasteiger partial charge in [-0.25, -0.2) is 13.1 Å². The van der Waals surface area contributed by atoms with Crippen LogP contribution in [0, 0.1) is 19.8 Å². The number of aromatic nitrogens is 1. The van der Waals surface area contributed by atoms with Crippen LogP contribution in [0.5, 0.6) is 0 Å². The van der Waals surface area contributed by atoms with Gasteiger partial charge in [-0.3, -0.25) is 9.69 Å². The summed E-state index contributed by atoms with van der Waals surface area (Å²) < 4.78 is 39.8. The maximum absolute atomic E-state index is 13.4. The highest BCUT2D eigenvalue weighted by molar-refractivity contribution is 7.92. The molecule has 9 nitrogen and oxygen atoms in total. The molecule has 0 aliphatic carbocycles. The number of hydrogen-bond acceptors (Lipinski definition) is 7. The van der Waals surface area contributed by atoms with Crippen LogP contribution < -0.4 is 10.0 Å². The highest BCUT2D eigenvalue weighted by Gasteiger charge is 2.25. The number of carbonyl (C=O) groups excluding carboxylic acids is 1. The third-order valence-corrected chi connectivity index (χ3v) is 7.63. The molecule has 2 N–H and O–H groups in total. The van der Waals surface area contributed by atoms with Gasteiger partial charge >= 0.3 is 0 Å². The van der Waals surface area contributed by atoms with Crippen LogP contribution in [0.4, 0.5) is 5.88 Å². The lowest BCUT2D eigenvalue weighted by molar-refractivity contribution is -0.127.